The van der Waals surface area contributed by atoms with Crippen LogP contribution < -0.4 is 0 Å². The van der Waals surface area contributed by atoms with Crippen LogP contribution in [0.15, 0.2) is 18.2 Å². The van der Waals surface area contributed by atoms with Crippen molar-refractivity contribution in [2.24, 2.45) is 0 Å². The van der Waals surface area contributed by atoms with E-state index in [1.807, 2.05) is 0 Å². The molecule has 2 nitrogen and oxygen atoms in total. The van der Waals surface area contributed by atoms with Gasteiger partial charge in [-0.1, -0.05) is 0 Å². The average Bonchev–Trinajstić information content (AvgIpc) is 2.22. The van der Waals surface area contributed by atoms with E-state index in [2.05, 4.69) is 0 Å². The van der Waals surface area contributed by atoms with Gasteiger partial charge in [0.05, 0.1) is 31.3 Å². The van der Waals surface area contributed by atoms with Gasteiger partial charge in [0.2, 0.25) is 0 Å². The van der Waals surface area contributed by atoms with Crippen LogP contribution in [0, 0.1) is 17.1 Å². The van der Waals surface area contributed by atoms with Gasteiger partial charge in [-0.05, 0) is 23.8 Å². The molecule has 92 valence electrons. The molecule has 0 N–H and O–H groups in total. The van der Waals surface area contributed by atoms with Crippen molar-refractivity contribution >= 4 is 0 Å². The molecular weight excluding hydrogens is 238 g/mol. The first kappa shape index (κ1) is 13.5. The highest BCUT2D eigenvalue weighted by Crippen LogP contribution is 2.19. The monoisotopic (exact) mass is 247 g/mol. The number of hydrogen-bond acceptors (Lipinski definition) is 2. The van der Waals surface area contributed by atoms with Crippen molar-refractivity contribution in [3.63, 3.8) is 0 Å². The second kappa shape index (κ2) is 5.64. The molecule has 0 spiro atoms. The summed E-state index contributed by atoms with van der Waals surface area (Å²) in [5.74, 6) is -0.613. The van der Waals surface area contributed by atoms with Gasteiger partial charge < -0.3 is 4.74 Å². The molecule has 0 aliphatic heterocycles. The van der Waals surface area contributed by atoms with Crippen molar-refractivity contribution in [3.05, 3.63) is 35.1 Å². The van der Waals surface area contributed by atoms with E-state index in [1.165, 1.54) is 6.07 Å². The second-order valence-corrected chi connectivity index (χ2v) is 3.38. The SMILES string of the molecule is N#Cc1cc(F)cc(COCCC(F)(F)F)c1. The molecule has 0 fully saturated rings. The lowest BCUT2D eigenvalue weighted by molar-refractivity contribution is -0.146. The summed E-state index contributed by atoms with van der Waals surface area (Å²) < 4.78 is 53.0. The molecular formula is C11H9F4NO. The first-order valence-corrected chi connectivity index (χ1v) is 4.75. The first-order chi connectivity index (χ1) is 7.90. The lowest BCUT2D eigenvalue weighted by Crippen LogP contribution is -2.11. The maximum Gasteiger partial charge on any atom is 0.391 e. The number of nitriles is 1. The van der Waals surface area contributed by atoms with Crippen LogP contribution in [0.2, 0.25) is 0 Å². The summed E-state index contributed by atoms with van der Waals surface area (Å²) in [6.07, 6.45) is -5.31. The van der Waals surface area contributed by atoms with Crippen LogP contribution in [0.1, 0.15) is 17.5 Å². The van der Waals surface area contributed by atoms with Crippen molar-refractivity contribution in [1.29, 1.82) is 5.26 Å². The molecule has 17 heavy (non-hydrogen) atoms. The fourth-order valence-corrected chi connectivity index (χ4v) is 1.18. The van der Waals surface area contributed by atoms with Gasteiger partial charge in [-0.2, -0.15) is 18.4 Å². The number of rotatable bonds is 4. The Morgan fingerprint density at radius 2 is 1.94 bits per heavy atom. The summed E-state index contributed by atoms with van der Waals surface area (Å²) in [5.41, 5.74) is 0.447. The number of hydrogen-bond donors (Lipinski definition) is 0. The van der Waals surface area contributed by atoms with Gasteiger partial charge >= 0.3 is 6.18 Å². The fraction of sp³-hybridized carbons (Fsp3) is 0.364. The zero-order valence-corrected chi connectivity index (χ0v) is 8.72. The molecule has 0 saturated heterocycles. The number of halogens is 4. The standard InChI is InChI=1S/C11H9F4NO/c12-10-4-8(6-16)3-9(5-10)7-17-2-1-11(13,14)15/h3-5H,1-2,7H2. The molecule has 0 aromatic heterocycles. The summed E-state index contributed by atoms with van der Waals surface area (Å²) in [7, 11) is 0. The van der Waals surface area contributed by atoms with Gasteiger partial charge in [0.25, 0.3) is 0 Å². The lowest BCUT2D eigenvalue weighted by Gasteiger charge is -2.07. The molecule has 1 rings (SSSR count). The van der Waals surface area contributed by atoms with Crippen molar-refractivity contribution in [2.75, 3.05) is 6.61 Å². The van der Waals surface area contributed by atoms with E-state index in [1.54, 1.807) is 6.07 Å². The number of alkyl halides is 3. The number of nitrogens with zero attached hydrogens (tertiary/aromatic N) is 1. The zero-order valence-electron chi connectivity index (χ0n) is 8.72. The van der Waals surface area contributed by atoms with Crippen LogP contribution in [0.3, 0.4) is 0 Å². The van der Waals surface area contributed by atoms with Gasteiger partial charge in [-0.15, -0.1) is 0 Å². The summed E-state index contributed by atoms with van der Waals surface area (Å²) in [4.78, 5) is 0. The van der Waals surface area contributed by atoms with Gasteiger partial charge in [0.15, 0.2) is 0 Å². The van der Waals surface area contributed by atoms with Gasteiger partial charge in [-0.25, -0.2) is 4.39 Å². The van der Waals surface area contributed by atoms with Crippen LogP contribution in [0.4, 0.5) is 17.6 Å². The van der Waals surface area contributed by atoms with E-state index in [4.69, 9.17) is 10.00 Å². The number of ether oxygens (including phenoxy) is 1. The molecule has 0 amide bonds. The van der Waals surface area contributed by atoms with Gasteiger partial charge in [0.1, 0.15) is 5.82 Å². The third-order valence-electron chi connectivity index (χ3n) is 1.89. The highest BCUT2D eigenvalue weighted by molar-refractivity contribution is 5.33. The topological polar surface area (TPSA) is 33.0 Å². The Kier molecular flexibility index (Phi) is 4.46. The third kappa shape index (κ3) is 5.31. The first-order valence-electron chi connectivity index (χ1n) is 4.75. The van der Waals surface area contributed by atoms with Crippen molar-refractivity contribution in [3.8, 4) is 6.07 Å². The van der Waals surface area contributed by atoms with Crippen LogP contribution in [0.5, 0.6) is 0 Å². The molecule has 0 atom stereocenters. The van der Waals surface area contributed by atoms with Crippen molar-refractivity contribution in [2.45, 2.75) is 19.2 Å². The Labute approximate surface area is 95.4 Å². The van der Waals surface area contributed by atoms with Gasteiger partial charge in [0, 0.05) is 0 Å². The molecule has 1 aromatic carbocycles. The molecule has 0 unspecified atom stereocenters. The summed E-state index contributed by atoms with van der Waals surface area (Å²) in [6.45, 7) is -0.635. The highest BCUT2D eigenvalue weighted by atomic mass is 19.4. The normalized spacial score (nSPS) is 11.2. The Morgan fingerprint density at radius 3 is 2.53 bits per heavy atom. The highest BCUT2D eigenvalue weighted by Gasteiger charge is 2.26. The Morgan fingerprint density at radius 1 is 1.24 bits per heavy atom. The maximum absolute atomic E-state index is 12.9. The summed E-state index contributed by atoms with van der Waals surface area (Å²) in [5, 5.41) is 8.56. The number of benzene rings is 1. The van der Waals surface area contributed by atoms with Crippen molar-refractivity contribution < 1.29 is 22.3 Å². The largest absolute Gasteiger partial charge is 0.391 e. The quantitative estimate of drug-likeness (QED) is 0.604. The average molecular weight is 247 g/mol. The van der Waals surface area contributed by atoms with E-state index in [0.29, 0.717) is 5.56 Å². The van der Waals surface area contributed by atoms with E-state index in [0.717, 1.165) is 12.1 Å². The predicted molar refractivity (Wildman–Crippen MR) is 51.4 cm³/mol. The predicted octanol–water partition coefficient (Wildman–Crippen LogP) is 3.17. The summed E-state index contributed by atoms with van der Waals surface area (Å²) in [6, 6.07) is 5.28. The van der Waals surface area contributed by atoms with Crippen LogP contribution >= 0.6 is 0 Å². The van der Waals surface area contributed by atoms with Crippen LogP contribution in [-0.2, 0) is 11.3 Å². The lowest BCUT2D eigenvalue weighted by atomic mass is 10.1. The Hall–Kier alpha value is -1.61. The van der Waals surface area contributed by atoms with Gasteiger partial charge in [-0.3, -0.25) is 0 Å². The minimum atomic E-state index is -4.26. The second-order valence-electron chi connectivity index (χ2n) is 3.38. The maximum atomic E-state index is 12.9. The molecule has 0 aliphatic rings. The molecule has 0 saturated carbocycles. The molecule has 6 heteroatoms. The van der Waals surface area contributed by atoms with E-state index >= 15 is 0 Å². The Balaban J connectivity index is 2.47. The molecule has 0 bridgehead atoms. The van der Waals surface area contributed by atoms with Crippen molar-refractivity contribution in [1.82, 2.24) is 0 Å². The minimum absolute atomic E-state index is 0.111. The van der Waals surface area contributed by atoms with E-state index in [9.17, 15) is 17.6 Å². The van der Waals surface area contributed by atoms with Crippen LogP contribution in [0.25, 0.3) is 0 Å². The third-order valence-corrected chi connectivity index (χ3v) is 1.89. The summed E-state index contributed by atoms with van der Waals surface area (Å²) >= 11 is 0. The zero-order chi connectivity index (χ0) is 12.9. The molecule has 0 heterocycles. The fourth-order valence-electron chi connectivity index (χ4n) is 1.18. The molecule has 0 aliphatic carbocycles. The van der Waals surface area contributed by atoms with E-state index in [-0.39, 0.29) is 12.2 Å². The molecule has 1 aromatic rings. The molecule has 0 radical (unpaired) electrons. The Bertz CT molecular complexity index is 422. The van der Waals surface area contributed by atoms with E-state index < -0.39 is 25.0 Å². The minimum Gasteiger partial charge on any atom is -0.376 e. The smallest absolute Gasteiger partial charge is 0.376 e. The van der Waals surface area contributed by atoms with Crippen LogP contribution in [-0.4, -0.2) is 12.8 Å².